The van der Waals surface area contributed by atoms with Crippen LogP contribution in [0.2, 0.25) is 0 Å². The summed E-state index contributed by atoms with van der Waals surface area (Å²) in [7, 11) is 1.35. The Hall–Kier alpha value is -1.84. The van der Waals surface area contributed by atoms with Crippen molar-refractivity contribution in [2.24, 2.45) is 17.8 Å². The topological polar surface area (TPSA) is 55.4 Å². The highest BCUT2D eigenvalue weighted by Gasteiger charge is 2.54. The Morgan fingerprint density at radius 2 is 1.90 bits per heavy atom. The van der Waals surface area contributed by atoms with Crippen LogP contribution in [0.25, 0.3) is 0 Å². The maximum atomic E-state index is 12.3. The van der Waals surface area contributed by atoms with Gasteiger partial charge in [-0.15, -0.1) is 0 Å². The summed E-state index contributed by atoms with van der Waals surface area (Å²) in [6.07, 6.45) is 4.88. The van der Waals surface area contributed by atoms with Crippen LogP contribution in [0.1, 0.15) is 36.0 Å². The van der Waals surface area contributed by atoms with Crippen LogP contribution < -0.4 is 5.32 Å². The van der Waals surface area contributed by atoms with Crippen LogP contribution in [-0.2, 0) is 9.53 Å². The van der Waals surface area contributed by atoms with Gasteiger partial charge in [0.25, 0.3) is 0 Å². The molecule has 106 valence electrons. The van der Waals surface area contributed by atoms with Crippen molar-refractivity contribution >= 4 is 17.6 Å². The molecule has 0 radical (unpaired) electrons. The number of carbonyl (C=O) groups excluding carboxylic acids is 2. The van der Waals surface area contributed by atoms with Gasteiger partial charge in [0, 0.05) is 11.6 Å². The monoisotopic (exact) mass is 273 g/mol. The van der Waals surface area contributed by atoms with Crippen molar-refractivity contribution in [2.75, 3.05) is 12.4 Å². The third kappa shape index (κ3) is 2.42. The second kappa shape index (κ2) is 5.27. The number of methoxy groups -OCH3 is 1. The number of benzene rings is 1. The summed E-state index contributed by atoms with van der Waals surface area (Å²) in [5, 5.41) is 2.93. The Bertz CT molecular complexity index is 528. The normalized spacial score (nSPS) is 27.4. The van der Waals surface area contributed by atoms with Gasteiger partial charge in [-0.1, -0.05) is 18.9 Å². The molecular weight excluding hydrogens is 254 g/mol. The van der Waals surface area contributed by atoms with E-state index >= 15 is 0 Å². The minimum Gasteiger partial charge on any atom is -0.465 e. The van der Waals surface area contributed by atoms with Gasteiger partial charge in [0.15, 0.2) is 0 Å². The van der Waals surface area contributed by atoms with E-state index in [1.807, 2.05) is 0 Å². The third-order valence-corrected chi connectivity index (χ3v) is 4.51. The van der Waals surface area contributed by atoms with Gasteiger partial charge in [0.2, 0.25) is 5.91 Å². The van der Waals surface area contributed by atoms with Crippen LogP contribution >= 0.6 is 0 Å². The lowest BCUT2D eigenvalue weighted by atomic mass is 10.0. The number of esters is 1. The lowest BCUT2D eigenvalue weighted by Crippen LogP contribution is -2.16. The fourth-order valence-electron chi connectivity index (χ4n) is 3.45. The molecule has 4 nitrogen and oxygen atoms in total. The Morgan fingerprint density at radius 1 is 1.20 bits per heavy atom. The van der Waals surface area contributed by atoms with Crippen molar-refractivity contribution in [3.63, 3.8) is 0 Å². The van der Waals surface area contributed by atoms with E-state index in [1.54, 1.807) is 24.3 Å². The number of carbonyl (C=O) groups is 2. The van der Waals surface area contributed by atoms with Crippen molar-refractivity contribution in [1.82, 2.24) is 0 Å². The van der Waals surface area contributed by atoms with Gasteiger partial charge in [0.05, 0.1) is 12.7 Å². The van der Waals surface area contributed by atoms with Crippen LogP contribution in [0.5, 0.6) is 0 Å². The SMILES string of the molecule is COC(=O)c1cccc(NC(=O)C2C3CCCCC32)c1. The number of fused-ring (bicyclic) bond motifs is 1. The van der Waals surface area contributed by atoms with E-state index in [2.05, 4.69) is 10.1 Å². The number of hydrogen-bond acceptors (Lipinski definition) is 3. The molecule has 2 atom stereocenters. The molecule has 0 bridgehead atoms. The van der Waals surface area contributed by atoms with E-state index in [0.717, 1.165) is 0 Å². The quantitative estimate of drug-likeness (QED) is 0.862. The summed E-state index contributed by atoms with van der Waals surface area (Å²) in [5.41, 5.74) is 1.13. The first kappa shape index (κ1) is 13.2. The van der Waals surface area contributed by atoms with E-state index in [0.29, 0.717) is 23.1 Å². The fraction of sp³-hybridized carbons (Fsp3) is 0.500. The van der Waals surface area contributed by atoms with Crippen molar-refractivity contribution in [1.29, 1.82) is 0 Å². The van der Waals surface area contributed by atoms with Gasteiger partial charge in [-0.05, 0) is 42.9 Å². The predicted octanol–water partition coefficient (Wildman–Crippen LogP) is 2.85. The van der Waals surface area contributed by atoms with Gasteiger partial charge in [0.1, 0.15) is 0 Å². The molecule has 0 spiro atoms. The number of hydrogen-bond donors (Lipinski definition) is 1. The molecule has 1 amide bonds. The molecule has 1 aromatic carbocycles. The molecule has 2 fully saturated rings. The summed E-state index contributed by atoms with van der Waals surface area (Å²) in [4.78, 5) is 23.7. The number of ether oxygens (including phenoxy) is 1. The molecule has 0 saturated heterocycles. The van der Waals surface area contributed by atoms with Crippen LogP contribution in [0.15, 0.2) is 24.3 Å². The maximum absolute atomic E-state index is 12.3. The zero-order valence-electron chi connectivity index (χ0n) is 11.6. The number of nitrogens with one attached hydrogen (secondary N) is 1. The van der Waals surface area contributed by atoms with E-state index < -0.39 is 0 Å². The van der Waals surface area contributed by atoms with Gasteiger partial charge in [-0.2, -0.15) is 0 Å². The molecule has 0 aliphatic heterocycles. The van der Waals surface area contributed by atoms with Crippen molar-refractivity contribution in [2.45, 2.75) is 25.7 Å². The Balaban J connectivity index is 1.66. The summed E-state index contributed by atoms with van der Waals surface area (Å²) >= 11 is 0. The fourth-order valence-corrected chi connectivity index (χ4v) is 3.45. The summed E-state index contributed by atoms with van der Waals surface area (Å²) in [6.45, 7) is 0. The van der Waals surface area contributed by atoms with Gasteiger partial charge >= 0.3 is 5.97 Å². The molecule has 2 unspecified atom stereocenters. The second-order valence-corrected chi connectivity index (χ2v) is 5.70. The van der Waals surface area contributed by atoms with E-state index in [4.69, 9.17) is 0 Å². The van der Waals surface area contributed by atoms with E-state index in [1.165, 1.54) is 32.8 Å². The minimum absolute atomic E-state index is 0.101. The molecule has 1 aromatic rings. The first-order valence-electron chi connectivity index (χ1n) is 7.20. The maximum Gasteiger partial charge on any atom is 0.337 e. The van der Waals surface area contributed by atoms with Crippen LogP contribution in [0.3, 0.4) is 0 Å². The third-order valence-electron chi connectivity index (χ3n) is 4.51. The molecular formula is C16H19NO3. The minimum atomic E-state index is -0.388. The summed E-state index contributed by atoms with van der Waals surface area (Å²) < 4.78 is 4.68. The molecule has 1 N–H and O–H groups in total. The average Bonchev–Trinajstić information content (AvgIpc) is 3.21. The standard InChI is InChI=1S/C16H19NO3/c1-20-16(19)10-5-4-6-11(9-10)17-15(18)14-12-7-2-3-8-13(12)14/h4-6,9,12-14H,2-3,7-8H2,1H3,(H,17,18). The Labute approximate surface area is 118 Å². The number of amides is 1. The molecule has 3 rings (SSSR count). The highest BCUT2D eigenvalue weighted by Crippen LogP contribution is 2.55. The average molecular weight is 273 g/mol. The van der Waals surface area contributed by atoms with Crippen molar-refractivity contribution in [3.05, 3.63) is 29.8 Å². The van der Waals surface area contributed by atoms with E-state index in [9.17, 15) is 9.59 Å². The van der Waals surface area contributed by atoms with Crippen LogP contribution in [0.4, 0.5) is 5.69 Å². The largest absolute Gasteiger partial charge is 0.465 e. The van der Waals surface area contributed by atoms with E-state index in [-0.39, 0.29) is 17.8 Å². The first-order valence-corrected chi connectivity index (χ1v) is 7.20. The smallest absolute Gasteiger partial charge is 0.337 e. The summed E-state index contributed by atoms with van der Waals surface area (Å²) in [5.74, 6) is 1.07. The molecule has 0 aromatic heterocycles. The lowest BCUT2D eigenvalue weighted by molar-refractivity contribution is -0.117. The van der Waals surface area contributed by atoms with Gasteiger partial charge < -0.3 is 10.1 Å². The molecule has 20 heavy (non-hydrogen) atoms. The van der Waals surface area contributed by atoms with Gasteiger partial charge in [-0.25, -0.2) is 4.79 Å². The Kier molecular flexibility index (Phi) is 3.47. The highest BCUT2D eigenvalue weighted by atomic mass is 16.5. The number of rotatable bonds is 3. The van der Waals surface area contributed by atoms with Crippen molar-refractivity contribution < 1.29 is 14.3 Å². The van der Waals surface area contributed by atoms with Crippen LogP contribution in [-0.4, -0.2) is 19.0 Å². The molecule has 2 saturated carbocycles. The zero-order valence-corrected chi connectivity index (χ0v) is 11.6. The van der Waals surface area contributed by atoms with Gasteiger partial charge in [-0.3, -0.25) is 4.79 Å². The Morgan fingerprint density at radius 3 is 2.55 bits per heavy atom. The molecule has 0 heterocycles. The predicted molar refractivity (Wildman–Crippen MR) is 75.3 cm³/mol. The lowest BCUT2D eigenvalue weighted by Gasteiger charge is -2.06. The number of anilines is 1. The summed E-state index contributed by atoms with van der Waals surface area (Å²) in [6, 6.07) is 6.90. The first-order chi connectivity index (χ1) is 9.70. The highest BCUT2D eigenvalue weighted by molar-refractivity contribution is 5.97. The van der Waals surface area contributed by atoms with Crippen molar-refractivity contribution in [3.8, 4) is 0 Å². The molecule has 2 aliphatic rings. The molecule has 2 aliphatic carbocycles. The molecule has 4 heteroatoms. The zero-order chi connectivity index (χ0) is 14.1. The second-order valence-electron chi connectivity index (χ2n) is 5.70. The van der Waals surface area contributed by atoms with Crippen LogP contribution in [0, 0.1) is 17.8 Å².